The van der Waals surface area contributed by atoms with Crippen molar-refractivity contribution in [2.24, 2.45) is 0 Å². The minimum atomic E-state index is -0.499. The summed E-state index contributed by atoms with van der Waals surface area (Å²) in [6.45, 7) is 0.0840. The van der Waals surface area contributed by atoms with Gasteiger partial charge in [-0.3, -0.25) is 9.59 Å². The summed E-state index contributed by atoms with van der Waals surface area (Å²) in [4.78, 5) is 23.2. The van der Waals surface area contributed by atoms with Crippen molar-refractivity contribution in [1.82, 2.24) is 10.6 Å². The van der Waals surface area contributed by atoms with Gasteiger partial charge in [-0.2, -0.15) is 0 Å². The van der Waals surface area contributed by atoms with E-state index in [4.69, 9.17) is 0 Å². The fourth-order valence-corrected chi connectivity index (χ4v) is 1.98. The van der Waals surface area contributed by atoms with E-state index in [1.807, 2.05) is 17.5 Å². The molecule has 1 fully saturated rings. The molecular formula is C8H8N2O2S. The van der Waals surface area contributed by atoms with Gasteiger partial charge in [0.1, 0.15) is 6.04 Å². The second kappa shape index (κ2) is 3.18. The Balaban J connectivity index is 2.22. The molecule has 1 aliphatic rings. The van der Waals surface area contributed by atoms with Crippen molar-refractivity contribution in [3.8, 4) is 0 Å². The highest BCUT2D eigenvalue weighted by Crippen LogP contribution is 2.20. The van der Waals surface area contributed by atoms with Crippen molar-refractivity contribution in [2.45, 2.75) is 6.04 Å². The predicted molar refractivity (Wildman–Crippen MR) is 48.2 cm³/mol. The van der Waals surface area contributed by atoms with Crippen molar-refractivity contribution >= 4 is 23.2 Å². The minimum Gasteiger partial charge on any atom is -0.345 e. The van der Waals surface area contributed by atoms with E-state index in [0.717, 1.165) is 4.88 Å². The number of hydrogen-bond acceptors (Lipinski definition) is 3. The molecule has 2 heterocycles. The molecule has 0 saturated carbocycles. The lowest BCUT2D eigenvalue weighted by atomic mass is 10.2. The smallest absolute Gasteiger partial charge is 0.248 e. The van der Waals surface area contributed by atoms with Crippen LogP contribution in [0.4, 0.5) is 0 Å². The predicted octanol–water partition coefficient (Wildman–Crippen LogP) is 0.0352. The van der Waals surface area contributed by atoms with Crippen LogP contribution in [-0.4, -0.2) is 18.4 Å². The standard InChI is InChI=1S/C8H8N2O2S/c11-6-4-9-8(12)7(10-6)5-2-1-3-13-5/h1-3,7H,4H2,(H,9,12)(H,10,11)/t7-/m1/s1. The maximum Gasteiger partial charge on any atom is 0.248 e. The van der Waals surface area contributed by atoms with Gasteiger partial charge in [-0.05, 0) is 11.4 Å². The second-order valence-corrected chi connectivity index (χ2v) is 3.71. The lowest BCUT2D eigenvalue weighted by Gasteiger charge is -2.21. The average molecular weight is 196 g/mol. The maximum atomic E-state index is 11.3. The largest absolute Gasteiger partial charge is 0.345 e. The minimum absolute atomic E-state index is 0.0840. The third kappa shape index (κ3) is 1.55. The number of thiophene rings is 1. The highest BCUT2D eigenvalue weighted by atomic mass is 32.1. The molecule has 1 aliphatic heterocycles. The van der Waals surface area contributed by atoms with E-state index in [1.165, 1.54) is 11.3 Å². The molecule has 5 heteroatoms. The number of rotatable bonds is 1. The number of hydrogen-bond donors (Lipinski definition) is 2. The molecular weight excluding hydrogens is 188 g/mol. The normalized spacial score (nSPS) is 22.3. The third-order valence-corrected chi connectivity index (χ3v) is 2.76. The van der Waals surface area contributed by atoms with Crippen LogP contribution in [-0.2, 0) is 9.59 Å². The fourth-order valence-electron chi connectivity index (χ4n) is 1.20. The second-order valence-electron chi connectivity index (χ2n) is 2.73. The zero-order valence-corrected chi connectivity index (χ0v) is 7.56. The highest BCUT2D eigenvalue weighted by molar-refractivity contribution is 7.10. The molecule has 0 radical (unpaired) electrons. The van der Waals surface area contributed by atoms with Crippen LogP contribution in [0, 0.1) is 0 Å². The molecule has 68 valence electrons. The van der Waals surface area contributed by atoms with Gasteiger partial charge in [0, 0.05) is 4.88 Å². The van der Waals surface area contributed by atoms with Crippen LogP contribution >= 0.6 is 11.3 Å². The molecule has 0 bridgehead atoms. The van der Waals surface area contributed by atoms with Crippen molar-refractivity contribution in [2.75, 3.05) is 6.54 Å². The molecule has 0 unspecified atom stereocenters. The molecule has 4 nitrogen and oxygen atoms in total. The average Bonchev–Trinajstić information content (AvgIpc) is 2.61. The van der Waals surface area contributed by atoms with Crippen LogP contribution < -0.4 is 10.6 Å². The Kier molecular flexibility index (Phi) is 2.02. The molecule has 0 aliphatic carbocycles. The van der Waals surface area contributed by atoms with E-state index in [0.29, 0.717) is 0 Å². The van der Waals surface area contributed by atoms with Crippen LogP contribution in [0.1, 0.15) is 10.9 Å². The molecule has 2 rings (SSSR count). The zero-order chi connectivity index (χ0) is 9.26. The first-order chi connectivity index (χ1) is 6.27. The van der Waals surface area contributed by atoms with Crippen molar-refractivity contribution in [3.63, 3.8) is 0 Å². The van der Waals surface area contributed by atoms with Gasteiger partial charge in [0.2, 0.25) is 11.8 Å². The SMILES string of the molecule is O=C1CNC(=O)[C@@H](c2cccs2)N1. The number of nitrogens with one attached hydrogen (secondary N) is 2. The molecule has 1 atom stereocenters. The van der Waals surface area contributed by atoms with E-state index < -0.39 is 6.04 Å². The first kappa shape index (κ1) is 8.25. The van der Waals surface area contributed by atoms with Gasteiger partial charge >= 0.3 is 0 Å². The first-order valence-electron chi connectivity index (χ1n) is 3.88. The molecule has 1 saturated heterocycles. The Bertz CT molecular complexity index is 334. The summed E-state index contributed by atoms with van der Waals surface area (Å²) >= 11 is 1.46. The van der Waals surface area contributed by atoms with Gasteiger partial charge in [-0.25, -0.2) is 0 Å². The molecule has 0 spiro atoms. The number of carbonyl (C=O) groups excluding carboxylic acids is 2. The van der Waals surface area contributed by atoms with Gasteiger partial charge in [-0.1, -0.05) is 6.07 Å². The van der Waals surface area contributed by atoms with Crippen LogP contribution in [0.5, 0.6) is 0 Å². The Hall–Kier alpha value is -1.36. The molecule has 1 aromatic heterocycles. The number of amides is 2. The lowest BCUT2D eigenvalue weighted by molar-refractivity contribution is -0.133. The summed E-state index contributed by atoms with van der Waals surface area (Å²) < 4.78 is 0. The summed E-state index contributed by atoms with van der Waals surface area (Å²) in [5, 5.41) is 7.03. The number of piperazine rings is 1. The Morgan fingerprint density at radius 1 is 1.46 bits per heavy atom. The van der Waals surface area contributed by atoms with Crippen LogP contribution in [0.25, 0.3) is 0 Å². The Labute approximate surface area is 78.9 Å². The van der Waals surface area contributed by atoms with E-state index in [-0.39, 0.29) is 18.4 Å². The van der Waals surface area contributed by atoms with Gasteiger partial charge in [0.15, 0.2) is 0 Å². The molecule has 0 aromatic carbocycles. The monoisotopic (exact) mass is 196 g/mol. The first-order valence-corrected chi connectivity index (χ1v) is 4.76. The third-order valence-electron chi connectivity index (χ3n) is 1.82. The quantitative estimate of drug-likeness (QED) is 0.666. The van der Waals surface area contributed by atoms with Gasteiger partial charge < -0.3 is 10.6 Å². The molecule has 2 amide bonds. The molecule has 2 N–H and O–H groups in total. The summed E-state index contributed by atoms with van der Waals surface area (Å²) in [5.41, 5.74) is 0. The maximum absolute atomic E-state index is 11.3. The van der Waals surface area contributed by atoms with Gasteiger partial charge in [0.25, 0.3) is 0 Å². The van der Waals surface area contributed by atoms with E-state index in [1.54, 1.807) is 0 Å². The number of carbonyl (C=O) groups is 2. The molecule has 13 heavy (non-hydrogen) atoms. The van der Waals surface area contributed by atoms with Crippen LogP contribution in [0.2, 0.25) is 0 Å². The van der Waals surface area contributed by atoms with Crippen molar-refractivity contribution in [1.29, 1.82) is 0 Å². The van der Waals surface area contributed by atoms with Crippen LogP contribution in [0.15, 0.2) is 17.5 Å². The van der Waals surface area contributed by atoms with Crippen molar-refractivity contribution in [3.05, 3.63) is 22.4 Å². The summed E-state index contributed by atoms with van der Waals surface area (Å²) in [6, 6.07) is 3.19. The summed E-state index contributed by atoms with van der Waals surface area (Å²) in [6.07, 6.45) is 0. The van der Waals surface area contributed by atoms with Gasteiger partial charge in [-0.15, -0.1) is 11.3 Å². The van der Waals surface area contributed by atoms with E-state index in [9.17, 15) is 9.59 Å². The van der Waals surface area contributed by atoms with E-state index >= 15 is 0 Å². The summed E-state index contributed by atoms with van der Waals surface area (Å²) in [5.74, 6) is -0.278. The van der Waals surface area contributed by atoms with Gasteiger partial charge in [0.05, 0.1) is 6.54 Å². The van der Waals surface area contributed by atoms with E-state index in [2.05, 4.69) is 10.6 Å². The fraction of sp³-hybridized carbons (Fsp3) is 0.250. The summed E-state index contributed by atoms with van der Waals surface area (Å²) in [7, 11) is 0. The topological polar surface area (TPSA) is 58.2 Å². The lowest BCUT2D eigenvalue weighted by Crippen LogP contribution is -2.50. The zero-order valence-electron chi connectivity index (χ0n) is 6.74. The van der Waals surface area contributed by atoms with Crippen LogP contribution in [0.3, 0.4) is 0 Å². The Morgan fingerprint density at radius 3 is 3.00 bits per heavy atom. The van der Waals surface area contributed by atoms with Crippen molar-refractivity contribution < 1.29 is 9.59 Å². The molecule has 1 aromatic rings. The Morgan fingerprint density at radius 2 is 2.31 bits per heavy atom. The highest BCUT2D eigenvalue weighted by Gasteiger charge is 2.27.